The maximum atomic E-state index is 13.1. The zero-order valence-electron chi connectivity index (χ0n) is 39.3. The first-order valence-electron chi connectivity index (χ1n) is 25.0. The maximum Gasteiger partial charge on any atom is 0.397 e. The van der Waals surface area contributed by atoms with E-state index in [1.54, 1.807) is 6.08 Å². The van der Waals surface area contributed by atoms with E-state index in [0.717, 1.165) is 44.9 Å². The van der Waals surface area contributed by atoms with Crippen LogP contribution in [-0.2, 0) is 28.9 Å². The number of aliphatic hydroxyl groups is 5. The Kier molecular flexibility index (Phi) is 37.1. The van der Waals surface area contributed by atoms with E-state index in [4.69, 9.17) is 9.47 Å². The van der Waals surface area contributed by atoms with E-state index in [0.29, 0.717) is 12.8 Å². The van der Waals surface area contributed by atoms with Crippen molar-refractivity contribution >= 4 is 16.3 Å². The molecule has 1 aliphatic heterocycles. The maximum absolute atomic E-state index is 13.1. The van der Waals surface area contributed by atoms with Crippen LogP contribution in [0.2, 0.25) is 0 Å². The highest BCUT2D eigenvalue weighted by molar-refractivity contribution is 7.80. The molecule has 7 N–H and O–H groups in total. The largest absolute Gasteiger partial charge is 0.397 e. The van der Waals surface area contributed by atoms with E-state index in [-0.39, 0.29) is 6.42 Å². The van der Waals surface area contributed by atoms with Crippen molar-refractivity contribution in [1.82, 2.24) is 5.32 Å². The highest BCUT2D eigenvalue weighted by Gasteiger charge is 2.48. The monoisotopic (exact) mass is 918 g/mol. The molecule has 0 aromatic heterocycles. The molecular weight excluding hydrogens is 827 g/mol. The van der Waals surface area contributed by atoms with Crippen LogP contribution in [0.15, 0.2) is 36.5 Å². The smallest absolute Gasteiger partial charge is 0.394 e. The van der Waals surface area contributed by atoms with Crippen LogP contribution in [0.25, 0.3) is 0 Å². The lowest BCUT2D eigenvalue weighted by Gasteiger charge is -2.41. The van der Waals surface area contributed by atoms with E-state index in [1.807, 2.05) is 0 Å². The number of amides is 1. The predicted octanol–water partition coefficient (Wildman–Crippen LogP) is 9.25. The molecule has 0 radical (unpaired) electrons. The van der Waals surface area contributed by atoms with E-state index >= 15 is 0 Å². The lowest BCUT2D eigenvalue weighted by atomic mass is 9.99. The molecule has 0 spiro atoms. The SMILES string of the molecule is CCCCC/C=C/CC/C=C/CC/C=C/C(O)C(COC1OC(CO)C(O)C(OS(=O)(=O)O)C1O)NC(=O)C(O)CCCCCCCCCCCCCCCCCCCCCCC. The van der Waals surface area contributed by atoms with Gasteiger partial charge in [0.25, 0.3) is 0 Å². The quantitative estimate of drug-likeness (QED) is 0.0174. The average molecular weight is 918 g/mol. The molecule has 1 rings (SSSR count). The molecular formula is C49H91NO12S. The second kappa shape index (κ2) is 39.4. The van der Waals surface area contributed by atoms with E-state index in [2.05, 4.69) is 47.7 Å². The van der Waals surface area contributed by atoms with Gasteiger partial charge in [-0.1, -0.05) is 198 Å². The third-order valence-corrected chi connectivity index (χ3v) is 12.2. The van der Waals surface area contributed by atoms with Crippen LogP contribution < -0.4 is 5.32 Å². The molecule has 0 bridgehead atoms. The third kappa shape index (κ3) is 31.8. The van der Waals surface area contributed by atoms with Gasteiger partial charge in [0.05, 0.1) is 25.4 Å². The zero-order valence-corrected chi connectivity index (χ0v) is 40.1. The van der Waals surface area contributed by atoms with Crippen molar-refractivity contribution in [2.75, 3.05) is 13.2 Å². The highest BCUT2D eigenvalue weighted by Crippen LogP contribution is 2.26. The van der Waals surface area contributed by atoms with Crippen molar-refractivity contribution in [2.24, 2.45) is 0 Å². The fourth-order valence-corrected chi connectivity index (χ4v) is 8.30. The Hall–Kier alpha value is -1.72. The van der Waals surface area contributed by atoms with Gasteiger partial charge in [0.1, 0.15) is 30.5 Å². The number of allylic oxidation sites excluding steroid dienone is 5. The number of carbonyl (C=O) groups is 1. The summed E-state index contributed by atoms with van der Waals surface area (Å²) in [6.45, 7) is 3.17. The lowest BCUT2D eigenvalue weighted by Crippen LogP contribution is -2.61. The minimum Gasteiger partial charge on any atom is -0.394 e. The van der Waals surface area contributed by atoms with Crippen LogP contribution in [0.5, 0.6) is 0 Å². The number of rotatable bonds is 42. The van der Waals surface area contributed by atoms with Crippen LogP contribution >= 0.6 is 0 Å². The molecule has 0 aromatic rings. The number of hydrogen-bond donors (Lipinski definition) is 7. The molecule has 8 atom stereocenters. The summed E-state index contributed by atoms with van der Waals surface area (Å²) in [5, 5.41) is 55.2. The van der Waals surface area contributed by atoms with Gasteiger partial charge in [0.15, 0.2) is 6.29 Å². The van der Waals surface area contributed by atoms with Crippen LogP contribution in [0, 0.1) is 0 Å². The number of ether oxygens (including phenoxy) is 2. The summed E-state index contributed by atoms with van der Waals surface area (Å²) in [5.41, 5.74) is 0. The first-order chi connectivity index (χ1) is 30.4. The molecule has 1 saturated heterocycles. The minimum atomic E-state index is -5.12. The van der Waals surface area contributed by atoms with Gasteiger partial charge in [-0.2, -0.15) is 8.42 Å². The molecule has 1 fully saturated rings. The molecule has 0 aliphatic carbocycles. The molecule has 8 unspecified atom stereocenters. The summed E-state index contributed by atoms with van der Waals surface area (Å²) in [7, 11) is -5.12. The Morgan fingerprint density at radius 3 is 1.52 bits per heavy atom. The summed E-state index contributed by atoms with van der Waals surface area (Å²) in [6.07, 6.45) is 35.2. The van der Waals surface area contributed by atoms with Crippen LogP contribution in [0.3, 0.4) is 0 Å². The lowest BCUT2D eigenvalue weighted by molar-refractivity contribution is -0.298. The van der Waals surface area contributed by atoms with E-state index in [9.17, 15) is 43.3 Å². The Morgan fingerprint density at radius 2 is 1.06 bits per heavy atom. The first kappa shape index (κ1) is 59.3. The van der Waals surface area contributed by atoms with Gasteiger partial charge in [-0.25, -0.2) is 4.18 Å². The van der Waals surface area contributed by atoms with Gasteiger partial charge in [-0.05, 0) is 44.9 Å². The van der Waals surface area contributed by atoms with Gasteiger partial charge in [-0.3, -0.25) is 9.35 Å². The molecule has 1 aliphatic rings. The Labute approximate surface area is 382 Å². The van der Waals surface area contributed by atoms with Crippen LogP contribution in [0.1, 0.15) is 206 Å². The Balaban J connectivity index is 2.50. The fraction of sp³-hybridized carbons (Fsp3) is 0.857. The number of aliphatic hydroxyl groups excluding tert-OH is 5. The van der Waals surface area contributed by atoms with Crippen molar-refractivity contribution in [2.45, 2.75) is 255 Å². The van der Waals surface area contributed by atoms with Gasteiger partial charge in [0, 0.05) is 0 Å². The average Bonchev–Trinajstić information content (AvgIpc) is 3.25. The molecule has 0 aromatic carbocycles. The number of hydrogen-bond acceptors (Lipinski definition) is 11. The van der Waals surface area contributed by atoms with Crippen LogP contribution in [-0.4, -0.2) is 107 Å². The number of carbonyl (C=O) groups excluding carboxylic acids is 1. The van der Waals surface area contributed by atoms with Crippen molar-refractivity contribution in [1.29, 1.82) is 0 Å². The van der Waals surface area contributed by atoms with Crippen LogP contribution in [0.4, 0.5) is 0 Å². The summed E-state index contributed by atoms with van der Waals surface area (Å²) in [4.78, 5) is 13.1. The molecule has 14 heteroatoms. The van der Waals surface area contributed by atoms with Crippen molar-refractivity contribution < 1.29 is 57.0 Å². The summed E-state index contributed by atoms with van der Waals surface area (Å²) in [5.74, 6) is -0.715. The van der Waals surface area contributed by atoms with Gasteiger partial charge in [-0.15, -0.1) is 0 Å². The van der Waals surface area contributed by atoms with E-state index < -0.39 is 78.5 Å². The molecule has 13 nitrogen and oxygen atoms in total. The molecule has 63 heavy (non-hydrogen) atoms. The molecule has 1 amide bonds. The second-order valence-electron chi connectivity index (χ2n) is 17.5. The van der Waals surface area contributed by atoms with E-state index in [1.165, 1.54) is 134 Å². The summed E-state index contributed by atoms with van der Waals surface area (Å²) < 4.78 is 47.5. The number of nitrogens with one attached hydrogen (secondary N) is 1. The summed E-state index contributed by atoms with van der Waals surface area (Å²) >= 11 is 0. The minimum absolute atomic E-state index is 0.237. The van der Waals surface area contributed by atoms with Gasteiger partial charge >= 0.3 is 10.4 Å². The first-order valence-corrected chi connectivity index (χ1v) is 26.3. The van der Waals surface area contributed by atoms with Crippen molar-refractivity contribution in [3.63, 3.8) is 0 Å². The fourth-order valence-electron chi connectivity index (χ4n) is 7.79. The molecule has 370 valence electrons. The predicted molar refractivity (Wildman–Crippen MR) is 251 cm³/mol. The normalized spacial score (nSPS) is 21.2. The van der Waals surface area contributed by atoms with Gasteiger partial charge in [0.2, 0.25) is 5.91 Å². The third-order valence-electron chi connectivity index (χ3n) is 11.8. The molecule has 1 heterocycles. The van der Waals surface area contributed by atoms with Gasteiger partial charge < -0.3 is 40.3 Å². The zero-order chi connectivity index (χ0) is 46.4. The highest BCUT2D eigenvalue weighted by atomic mass is 32.3. The number of unbranched alkanes of at least 4 members (excludes halogenated alkanes) is 25. The standard InChI is InChI=1S/C49H91NO12S/c1-3-5-7-9-11-13-15-17-18-19-20-21-22-23-24-26-28-30-32-34-36-38-43(53)48(56)50-41(42(52)37-35-33-31-29-27-25-16-14-12-10-8-6-4-2)40-60-49-46(55)47(62-63(57,58)59)45(54)44(39-51)61-49/h12,14,27,29,35,37,41-47,49,51-55H,3-11,13,15-26,28,30-34,36,38-40H2,1-2H3,(H,50,56)(H,57,58,59)/b14-12+,29-27+,37-35+. The van der Waals surface area contributed by atoms with Crippen molar-refractivity contribution in [3.05, 3.63) is 36.5 Å². The van der Waals surface area contributed by atoms with Crippen molar-refractivity contribution in [3.8, 4) is 0 Å². The second-order valence-corrected chi connectivity index (χ2v) is 18.6. The Bertz CT molecular complexity index is 1280. The molecule has 0 saturated carbocycles. The topological polar surface area (TPSA) is 212 Å². The summed E-state index contributed by atoms with van der Waals surface area (Å²) in [6, 6.07) is -1.14. The Morgan fingerprint density at radius 1 is 0.635 bits per heavy atom.